The quantitative estimate of drug-likeness (QED) is 0.747. The van der Waals surface area contributed by atoms with E-state index in [-0.39, 0.29) is 11.5 Å². The Morgan fingerprint density at radius 3 is 2.47 bits per heavy atom. The van der Waals surface area contributed by atoms with E-state index in [0.29, 0.717) is 6.42 Å². The van der Waals surface area contributed by atoms with Gasteiger partial charge in [-0.05, 0) is 39.5 Å². The molecule has 0 heterocycles. The maximum Gasteiger partial charge on any atom is 0.243 e. The van der Waals surface area contributed by atoms with Crippen molar-refractivity contribution < 1.29 is 9.63 Å². The molecular weight excluding hydrogens is 214 g/mol. The van der Waals surface area contributed by atoms with Crippen LogP contribution in [0, 0.1) is 5.92 Å². The van der Waals surface area contributed by atoms with Crippen LogP contribution in [0.5, 0.6) is 0 Å². The number of carbonyl (C=O) groups excluding carboxylic acids is 1. The van der Waals surface area contributed by atoms with E-state index in [1.54, 1.807) is 0 Å². The van der Waals surface area contributed by atoms with Crippen LogP contribution in [0.1, 0.15) is 72.1 Å². The van der Waals surface area contributed by atoms with Crippen LogP contribution >= 0.6 is 0 Å². The summed E-state index contributed by atoms with van der Waals surface area (Å²) in [4.78, 5) is 16.7. The smallest absolute Gasteiger partial charge is 0.243 e. The van der Waals surface area contributed by atoms with E-state index in [0.717, 1.165) is 12.3 Å². The fourth-order valence-electron chi connectivity index (χ4n) is 2.29. The topological polar surface area (TPSA) is 38.3 Å². The number of nitrogens with one attached hydrogen (secondary N) is 1. The minimum Gasteiger partial charge on any atom is -0.273 e. The number of carbonyl (C=O) groups is 1. The molecule has 1 saturated carbocycles. The van der Waals surface area contributed by atoms with E-state index in [9.17, 15) is 4.79 Å². The average molecular weight is 241 g/mol. The molecule has 0 atom stereocenters. The number of amides is 1. The first-order valence-corrected chi connectivity index (χ1v) is 6.94. The molecule has 0 bridgehead atoms. The van der Waals surface area contributed by atoms with Crippen molar-refractivity contribution in [1.29, 1.82) is 0 Å². The van der Waals surface area contributed by atoms with Crippen molar-refractivity contribution in [2.24, 2.45) is 5.92 Å². The lowest BCUT2D eigenvalue weighted by molar-refractivity contribution is -0.145. The molecule has 0 aromatic heterocycles. The van der Waals surface area contributed by atoms with Crippen molar-refractivity contribution in [2.75, 3.05) is 0 Å². The summed E-state index contributed by atoms with van der Waals surface area (Å²) in [6.45, 7) is 5.78. The average Bonchev–Trinajstić information content (AvgIpc) is 2.27. The van der Waals surface area contributed by atoms with Crippen molar-refractivity contribution in [3.05, 3.63) is 0 Å². The lowest BCUT2D eigenvalue weighted by Gasteiger charge is -2.21. The van der Waals surface area contributed by atoms with E-state index >= 15 is 0 Å². The zero-order valence-corrected chi connectivity index (χ0v) is 11.6. The molecular formula is C14H27NO2. The molecule has 0 aromatic carbocycles. The Balaban J connectivity index is 2.03. The van der Waals surface area contributed by atoms with E-state index in [4.69, 9.17) is 4.84 Å². The van der Waals surface area contributed by atoms with Crippen LogP contribution in [0.25, 0.3) is 0 Å². The zero-order chi connectivity index (χ0) is 12.7. The van der Waals surface area contributed by atoms with Gasteiger partial charge in [-0.2, -0.15) is 0 Å². The van der Waals surface area contributed by atoms with Gasteiger partial charge in [-0.15, -0.1) is 0 Å². The second-order valence-corrected chi connectivity index (χ2v) is 6.14. The largest absolute Gasteiger partial charge is 0.273 e. The molecule has 3 heteroatoms. The normalized spacial score (nSPS) is 18.1. The van der Waals surface area contributed by atoms with Gasteiger partial charge in [0.15, 0.2) is 0 Å². The summed E-state index contributed by atoms with van der Waals surface area (Å²) in [5.41, 5.74) is 2.21. The molecule has 1 aliphatic rings. The highest BCUT2D eigenvalue weighted by atomic mass is 16.7. The van der Waals surface area contributed by atoms with Gasteiger partial charge in [-0.3, -0.25) is 9.63 Å². The summed E-state index contributed by atoms with van der Waals surface area (Å²) in [5, 5.41) is 0. The molecule has 100 valence electrons. The summed E-state index contributed by atoms with van der Waals surface area (Å²) in [6.07, 6.45) is 9.66. The van der Waals surface area contributed by atoms with Crippen molar-refractivity contribution in [3.8, 4) is 0 Å². The molecule has 0 aromatic rings. The minimum absolute atomic E-state index is 0.00994. The van der Waals surface area contributed by atoms with Gasteiger partial charge in [0, 0.05) is 6.42 Å². The monoisotopic (exact) mass is 241 g/mol. The van der Waals surface area contributed by atoms with Gasteiger partial charge in [-0.1, -0.05) is 32.1 Å². The Hall–Kier alpha value is -0.570. The van der Waals surface area contributed by atoms with E-state index < -0.39 is 0 Å². The van der Waals surface area contributed by atoms with Crippen LogP contribution in [0.4, 0.5) is 0 Å². The predicted molar refractivity (Wildman–Crippen MR) is 69.4 cm³/mol. The summed E-state index contributed by atoms with van der Waals surface area (Å²) < 4.78 is 0. The Kier molecular flexibility index (Phi) is 5.96. The standard InChI is InChI=1S/C14H27NO2/c1-14(2,3)17-15-13(16)11-7-10-12-8-5-4-6-9-12/h12H,4-11H2,1-3H3,(H,15,16). The van der Waals surface area contributed by atoms with Gasteiger partial charge in [0.2, 0.25) is 5.91 Å². The Bertz CT molecular complexity index is 227. The maximum absolute atomic E-state index is 11.5. The van der Waals surface area contributed by atoms with Crippen LogP contribution < -0.4 is 5.48 Å². The van der Waals surface area contributed by atoms with Crippen LogP contribution in [-0.4, -0.2) is 11.5 Å². The van der Waals surface area contributed by atoms with Gasteiger partial charge >= 0.3 is 0 Å². The highest BCUT2D eigenvalue weighted by Gasteiger charge is 2.15. The SMILES string of the molecule is CC(C)(C)ONC(=O)CCCC1CCCCC1. The lowest BCUT2D eigenvalue weighted by atomic mass is 9.86. The third kappa shape index (κ3) is 7.37. The zero-order valence-electron chi connectivity index (χ0n) is 11.6. The van der Waals surface area contributed by atoms with E-state index in [2.05, 4.69) is 5.48 Å². The molecule has 1 N–H and O–H groups in total. The van der Waals surface area contributed by atoms with E-state index in [1.807, 2.05) is 20.8 Å². The van der Waals surface area contributed by atoms with Crippen molar-refractivity contribution >= 4 is 5.91 Å². The second-order valence-electron chi connectivity index (χ2n) is 6.14. The predicted octanol–water partition coefficient (Wildman–Crippen LogP) is 3.58. The third-order valence-corrected chi connectivity index (χ3v) is 3.21. The van der Waals surface area contributed by atoms with Crippen LogP contribution in [0.2, 0.25) is 0 Å². The second kappa shape index (κ2) is 7.00. The molecule has 0 radical (unpaired) electrons. The van der Waals surface area contributed by atoms with Gasteiger partial charge in [-0.25, -0.2) is 5.48 Å². The molecule has 17 heavy (non-hydrogen) atoms. The number of rotatable bonds is 5. The van der Waals surface area contributed by atoms with Gasteiger partial charge < -0.3 is 0 Å². The summed E-state index contributed by atoms with van der Waals surface area (Å²) in [7, 11) is 0. The summed E-state index contributed by atoms with van der Waals surface area (Å²) in [5.74, 6) is 0.871. The number of hydroxylamine groups is 1. The molecule has 0 unspecified atom stereocenters. The number of hydrogen-bond donors (Lipinski definition) is 1. The highest BCUT2D eigenvalue weighted by Crippen LogP contribution is 2.27. The molecule has 1 amide bonds. The van der Waals surface area contributed by atoms with Crippen LogP contribution in [-0.2, 0) is 9.63 Å². The molecule has 0 spiro atoms. The first kappa shape index (κ1) is 14.5. The van der Waals surface area contributed by atoms with Crippen molar-refractivity contribution in [3.63, 3.8) is 0 Å². The Morgan fingerprint density at radius 1 is 1.24 bits per heavy atom. The Morgan fingerprint density at radius 2 is 1.88 bits per heavy atom. The summed E-state index contributed by atoms with van der Waals surface area (Å²) in [6, 6.07) is 0. The fraction of sp³-hybridized carbons (Fsp3) is 0.929. The van der Waals surface area contributed by atoms with Crippen LogP contribution in [0.3, 0.4) is 0 Å². The molecule has 3 nitrogen and oxygen atoms in total. The first-order chi connectivity index (χ1) is 7.97. The van der Waals surface area contributed by atoms with Crippen molar-refractivity contribution in [1.82, 2.24) is 5.48 Å². The minimum atomic E-state index is -0.307. The summed E-state index contributed by atoms with van der Waals surface area (Å²) >= 11 is 0. The molecule has 1 aliphatic carbocycles. The van der Waals surface area contributed by atoms with Gasteiger partial charge in [0.05, 0.1) is 5.60 Å². The maximum atomic E-state index is 11.5. The Labute approximate surface area is 105 Å². The van der Waals surface area contributed by atoms with Gasteiger partial charge in [0.1, 0.15) is 0 Å². The lowest BCUT2D eigenvalue weighted by Crippen LogP contribution is -2.33. The highest BCUT2D eigenvalue weighted by molar-refractivity contribution is 5.74. The fourth-order valence-corrected chi connectivity index (χ4v) is 2.29. The van der Waals surface area contributed by atoms with Crippen LogP contribution in [0.15, 0.2) is 0 Å². The van der Waals surface area contributed by atoms with E-state index in [1.165, 1.54) is 38.5 Å². The van der Waals surface area contributed by atoms with Crippen molar-refractivity contribution in [2.45, 2.75) is 77.7 Å². The molecule has 1 fully saturated rings. The number of hydrogen-bond acceptors (Lipinski definition) is 2. The molecule has 0 saturated heterocycles. The molecule has 1 rings (SSSR count). The van der Waals surface area contributed by atoms with Gasteiger partial charge in [0.25, 0.3) is 0 Å². The third-order valence-electron chi connectivity index (χ3n) is 3.21. The molecule has 0 aliphatic heterocycles. The first-order valence-electron chi connectivity index (χ1n) is 6.94.